The van der Waals surface area contributed by atoms with E-state index in [2.05, 4.69) is 58.5 Å². The predicted molar refractivity (Wildman–Crippen MR) is 78.8 cm³/mol. The normalized spacial score (nSPS) is 13.6. The van der Waals surface area contributed by atoms with E-state index in [1.165, 1.54) is 16.9 Å². The van der Waals surface area contributed by atoms with E-state index in [4.69, 9.17) is 0 Å². The molecule has 0 atom stereocenters. The quantitative estimate of drug-likeness (QED) is 0.908. The summed E-state index contributed by atoms with van der Waals surface area (Å²) in [5, 5.41) is 3.32. The van der Waals surface area contributed by atoms with Crippen LogP contribution in [-0.2, 0) is 13.0 Å². The Kier molecular flexibility index (Phi) is 3.47. The van der Waals surface area contributed by atoms with Crippen molar-refractivity contribution in [1.29, 1.82) is 0 Å². The van der Waals surface area contributed by atoms with E-state index < -0.39 is 0 Å². The number of aromatic nitrogens is 1. The molecule has 3 rings (SSSR count). The van der Waals surface area contributed by atoms with Crippen molar-refractivity contribution in [3.8, 4) is 0 Å². The average Bonchev–Trinajstić information content (AvgIpc) is 2.89. The predicted octanol–water partition coefficient (Wildman–Crippen LogP) is 2.89. The van der Waals surface area contributed by atoms with Crippen LogP contribution >= 0.6 is 0 Å². The van der Waals surface area contributed by atoms with Crippen LogP contribution in [0.4, 0.5) is 11.4 Å². The van der Waals surface area contributed by atoms with Crippen LogP contribution in [0.15, 0.2) is 42.6 Å². The van der Waals surface area contributed by atoms with Crippen LogP contribution < -0.4 is 10.2 Å². The van der Waals surface area contributed by atoms with E-state index in [1.54, 1.807) is 0 Å². The highest BCUT2D eigenvalue weighted by atomic mass is 15.2. The molecule has 1 aliphatic rings. The first-order valence-corrected chi connectivity index (χ1v) is 6.89. The Morgan fingerprint density at radius 2 is 2.16 bits per heavy atom. The van der Waals surface area contributed by atoms with E-state index in [0.717, 1.165) is 31.7 Å². The summed E-state index contributed by atoms with van der Waals surface area (Å²) in [5.74, 6) is 0. The summed E-state index contributed by atoms with van der Waals surface area (Å²) in [5.41, 5.74) is 5.12. The first kappa shape index (κ1) is 12.2. The van der Waals surface area contributed by atoms with Crippen LogP contribution in [0.5, 0.6) is 0 Å². The van der Waals surface area contributed by atoms with Gasteiger partial charge >= 0.3 is 0 Å². The van der Waals surface area contributed by atoms with Gasteiger partial charge in [-0.3, -0.25) is 4.98 Å². The maximum Gasteiger partial charge on any atom is 0.0562 e. The lowest BCUT2D eigenvalue weighted by Gasteiger charge is -2.20. The third-order valence-corrected chi connectivity index (χ3v) is 3.56. The summed E-state index contributed by atoms with van der Waals surface area (Å²) in [6.07, 6.45) is 3.03. The lowest BCUT2D eigenvalue weighted by Crippen LogP contribution is -2.16. The maximum atomic E-state index is 4.42. The molecule has 2 heterocycles. The minimum atomic E-state index is 0.833. The molecule has 0 radical (unpaired) electrons. The fraction of sp³-hybridized carbons (Fsp3) is 0.312. The number of pyridine rings is 1. The van der Waals surface area contributed by atoms with E-state index in [9.17, 15) is 0 Å². The number of hydrogen-bond donors (Lipinski definition) is 1. The molecular formula is C16H19N3. The van der Waals surface area contributed by atoms with Crippen molar-refractivity contribution in [1.82, 2.24) is 10.3 Å². The molecule has 1 N–H and O–H groups in total. The van der Waals surface area contributed by atoms with Crippen molar-refractivity contribution in [2.45, 2.75) is 19.9 Å². The number of fused-ring (bicyclic) bond motifs is 1. The molecule has 1 aromatic carbocycles. The number of nitrogens with one attached hydrogen (secondary N) is 1. The van der Waals surface area contributed by atoms with Gasteiger partial charge < -0.3 is 10.2 Å². The van der Waals surface area contributed by atoms with Crippen LogP contribution in [0.25, 0.3) is 0 Å². The molecule has 1 aromatic heterocycles. The molecule has 1 aliphatic heterocycles. The fourth-order valence-electron chi connectivity index (χ4n) is 2.59. The molecule has 2 aromatic rings. The zero-order valence-corrected chi connectivity index (χ0v) is 11.3. The smallest absolute Gasteiger partial charge is 0.0562 e. The molecule has 0 fully saturated rings. The Bertz CT molecular complexity index is 565. The highest BCUT2D eigenvalue weighted by molar-refractivity contribution is 5.69. The van der Waals surface area contributed by atoms with Gasteiger partial charge in [-0.15, -0.1) is 0 Å². The monoisotopic (exact) mass is 253 g/mol. The molecule has 0 saturated heterocycles. The molecule has 3 heteroatoms. The summed E-state index contributed by atoms with van der Waals surface area (Å²) < 4.78 is 0. The van der Waals surface area contributed by atoms with Gasteiger partial charge in [0.15, 0.2) is 0 Å². The van der Waals surface area contributed by atoms with Gasteiger partial charge in [0.1, 0.15) is 0 Å². The largest absolute Gasteiger partial charge is 0.341 e. The molecule has 0 aliphatic carbocycles. The van der Waals surface area contributed by atoms with Gasteiger partial charge in [0.2, 0.25) is 0 Å². The second kappa shape index (κ2) is 5.41. The van der Waals surface area contributed by atoms with E-state index in [-0.39, 0.29) is 0 Å². The van der Waals surface area contributed by atoms with Crippen LogP contribution in [-0.4, -0.2) is 18.1 Å². The Labute approximate surface area is 114 Å². The molecule has 19 heavy (non-hydrogen) atoms. The van der Waals surface area contributed by atoms with Crippen molar-refractivity contribution in [3.63, 3.8) is 0 Å². The zero-order chi connectivity index (χ0) is 13.1. The second-order valence-corrected chi connectivity index (χ2v) is 4.82. The standard InChI is InChI=1S/C16H19N3/c1-2-17-12-14-11-15(7-9-18-14)19-10-8-13-5-3-4-6-16(13)19/h3-7,9,11,17H,2,8,10,12H2,1H3. The van der Waals surface area contributed by atoms with Crippen LogP contribution in [0.3, 0.4) is 0 Å². The number of hydrogen-bond acceptors (Lipinski definition) is 3. The van der Waals surface area contributed by atoms with Crippen molar-refractivity contribution < 1.29 is 0 Å². The lowest BCUT2D eigenvalue weighted by atomic mass is 10.2. The molecule has 0 amide bonds. The van der Waals surface area contributed by atoms with Crippen LogP contribution in [0.2, 0.25) is 0 Å². The fourth-order valence-corrected chi connectivity index (χ4v) is 2.59. The number of rotatable bonds is 4. The maximum absolute atomic E-state index is 4.42. The van der Waals surface area contributed by atoms with Crippen molar-refractivity contribution in [2.24, 2.45) is 0 Å². The van der Waals surface area contributed by atoms with Gasteiger partial charge in [0.25, 0.3) is 0 Å². The third-order valence-electron chi connectivity index (χ3n) is 3.56. The van der Waals surface area contributed by atoms with Gasteiger partial charge in [-0.1, -0.05) is 25.1 Å². The van der Waals surface area contributed by atoms with Gasteiger partial charge in [0, 0.05) is 30.7 Å². The summed E-state index contributed by atoms with van der Waals surface area (Å²) in [7, 11) is 0. The molecule has 0 spiro atoms. The number of para-hydroxylation sites is 1. The number of nitrogens with zero attached hydrogens (tertiary/aromatic N) is 2. The minimum absolute atomic E-state index is 0.833. The summed E-state index contributed by atoms with van der Waals surface area (Å²) in [6, 6.07) is 12.9. The van der Waals surface area contributed by atoms with Gasteiger partial charge in [0.05, 0.1) is 5.69 Å². The van der Waals surface area contributed by atoms with E-state index in [1.807, 2.05) is 6.20 Å². The first-order valence-electron chi connectivity index (χ1n) is 6.89. The SMILES string of the molecule is CCNCc1cc(N2CCc3ccccc32)ccn1. The number of anilines is 2. The second-order valence-electron chi connectivity index (χ2n) is 4.82. The summed E-state index contributed by atoms with van der Waals surface area (Å²) in [4.78, 5) is 6.80. The lowest BCUT2D eigenvalue weighted by molar-refractivity contribution is 0.710. The highest BCUT2D eigenvalue weighted by Crippen LogP contribution is 2.34. The minimum Gasteiger partial charge on any atom is -0.341 e. The Hall–Kier alpha value is -1.87. The third kappa shape index (κ3) is 2.47. The molecule has 0 unspecified atom stereocenters. The van der Waals surface area contributed by atoms with Crippen molar-refractivity contribution in [2.75, 3.05) is 18.0 Å². The number of benzene rings is 1. The van der Waals surface area contributed by atoms with Gasteiger partial charge in [-0.2, -0.15) is 0 Å². The summed E-state index contributed by atoms with van der Waals surface area (Å²) >= 11 is 0. The van der Waals surface area contributed by atoms with E-state index in [0.29, 0.717) is 0 Å². The first-order chi connectivity index (χ1) is 9.38. The molecule has 98 valence electrons. The van der Waals surface area contributed by atoms with Crippen LogP contribution in [0, 0.1) is 0 Å². The molecule has 0 saturated carbocycles. The molecule has 3 nitrogen and oxygen atoms in total. The molecular weight excluding hydrogens is 234 g/mol. The Balaban J connectivity index is 1.87. The average molecular weight is 253 g/mol. The topological polar surface area (TPSA) is 28.2 Å². The Morgan fingerprint density at radius 3 is 3.05 bits per heavy atom. The van der Waals surface area contributed by atoms with Gasteiger partial charge in [-0.05, 0) is 36.7 Å². The Morgan fingerprint density at radius 1 is 1.26 bits per heavy atom. The summed E-state index contributed by atoms with van der Waals surface area (Å²) in [6.45, 7) is 4.98. The zero-order valence-electron chi connectivity index (χ0n) is 11.3. The highest BCUT2D eigenvalue weighted by Gasteiger charge is 2.19. The van der Waals surface area contributed by atoms with E-state index >= 15 is 0 Å². The molecule has 0 bridgehead atoms. The van der Waals surface area contributed by atoms with Gasteiger partial charge in [-0.25, -0.2) is 0 Å². The van der Waals surface area contributed by atoms with Crippen LogP contribution in [0.1, 0.15) is 18.2 Å². The van der Waals surface area contributed by atoms with Crippen molar-refractivity contribution >= 4 is 11.4 Å². The van der Waals surface area contributed by atoms with Crippen molar-refractivity contribution in [3.05, 3.63) is 53.9 Å².